The SMILES string of the molecule is Cc1nsc(NC2CC2)c1C(=O)N1CCO[C@H](C(C)(C)C)C1. The Morgan fingerprint density at radius 2 is 2.14 bits per heavy atom. The molecule has 122 valence electrons. The highest BCUT2D eigenvalue weighted by molar-refractivity contribution is 7.10. The van der Waals surface area contributed by atoms with Gasteiger partial charge in [-0.05, 0) is 36.7 Å². The Morgan fingerprint density at radius 1 is 1.41 bits per heavy atom. The van der Waals surface area contributed by atoms with E-state index in [9.17, 15) is 4.79 Å². The highest BCUT2D eigenvalue weighted by Gasteiger charge is 2.35. The molecule has 1 atom stereocenters. The van der Waals surface area contributed by atoms with E-state index >= 15 is 0 Å². The minimum Gasteiger partial charge on any atom is -0.374 e. The van der Waals surface area contributed by atoms with Crippen molar-refractivity contribution in [3.05, 3.63) is 11.3 Å². The molecule has 1 saturated carbocycles. The quantitative estimate of drug-likeness (QED) is 0.929. The van der Waals surface area contributed by atoms with Crippen molar-refractivity contribution in [1.29, 1.82) is 0 Å². The zero-order chi connectivity index (χ0) is 15.9. The van der Waals surface area contributed by atoms with Gasteiger partial charge in [0.2, 0.25) is 0 Å². The number of nitrogens with one attached hydrogen (secondary N) is 1. The maximum atomic E-state index is 13.0. The second-order valence-electron chi connectivity index (χ2n) is 7.37. The average Bonchev–Trinajstić information content (AvgIpc) is 3.20. The minimum absolute atomic E-state index is 0.0377. The summed E-state index contributed by atoms with van der Waals surface area (Å²) >= 11 is 1.40. The largest absolute Gasteiger partial charge is 0.374 e. The maximum Gasteiger partial charge on any atom is 0.258 e. The summed E-state index contributed by atoms with van der Waals surface area (Å²) in [6.45, 7) is 10.3. The lowest BCUT2D eigenvalue weighted by atomic mass is 9.88. The number of hydrogen-bond donors (Lipinski definition) is 1. The van der Waals surface area contributed by atoms with Gasteiger partial charge in [0.25, 0.3) is 5.91 Å². The summed E-state index contributed by atoms with van der Waals surface area (Å²) in [4.78, 5) is 14.9. The van der Waals surface area contributed by atoms with Crippen LogP contribution in [0.4, 0.5) is 5.00 Å². The Bertz CT molecular complexity index is 560. The van der Waals surface area contributed by atoms with E-state index in [1.807, 2.05) is 11.8 Å². The lowest BCUT2D eigenvalue weighted by Crippen LogP contribution is -2.50. The first-order valence-corrected chi connectivity index (χ1v) is 8.77. The van der Waals surface area contributed by atoms with Crippen LogP contribution in [-0.2, 0) is 4.74 Å². The van der Waals surface area contributed by atoms with E-state index in [2.05, 4.69) is 30.5 Å². The number of carbonyl (C=O) groups excluding carboxylic acids is 1. The molecule has 0 spiro atoms. The summed E-state index contributed by atoms with van der Waals surface area (Å²) < 4.78 is 10.2. The van der Waals surface area contributed by atoms with Crippen molar-refractivity contribution in [2.75, 3.05) is 25.0 Å². The number of rotatable bonds is 3. The molecule has 0 radical (unpaired) electrons. The number of nitrogens with zero attached hydrogens (tertiary/aromatic N) is 2. The number of amides is 1. The number of ether oxygens (including phenoxy) is 1. The molecule has 1 amide bonds. The van der Waals surface area contributed by atoms with Crippen molar-refractivity contribution in [1.82, 2.24) is 9.27 Å². The van der Waals surface area contributed by atoms with Crippen LogP contribution in [0.2, 0.25) is 0 Å². The fourth-order valence-corrected chi connectivity index (χ4v) is 3.51. The van der Waals surface area contributed by atoms with Gasteiger partial charge < -0.3 is 15.0 Å². The molecule has 22 heavy (non-hydrogen) atoms. The minimum atomic E-state index is 0.0377. The molecule has 0 aromatic carbocycles. The molecule has 3 rings (SSSR count). The van der Waals surface area contributed by atoms with Crippen molar-refractivity contribution in [3.8, 4) is 0 Å². The third-order valence-electron chi connectivity index (χ3n) is 4.31. The van der Waals surface area contributed by atoms with Crippen LogP contribution in [0.1, 0.15) is 49.7 Å². The Balaban J connectivity index is 1.77. The van der Waals surface area contributed by atoms with Gasteiger partial charge in [0, 0.05) is 19.1 Å². The Morgan fingerprint density at radius 3 is 2.77 bits per heavy atom. The Kier molecular flexibility index (Phi) is 4.16. The molecule has 1 aliphatic heterocycles. The molecule has 1 aromatic heterocycles. The van der Waals surface area contributed by atoms with Gasteiger partial charge in [-0.3, -0.25) is 4.79 Å². The second kappa shape index (κ2) is 5.81. The summed E-state index contributed by atoms with van der Waals surface area (Å²) in [7, 11) is 0. The third-order valence-corrected chi connectivity index (χ3v) is 5.18. The maximum absolute atomic E-state index is 13.0. The smallest absolute Gasteiger partial charge is 0.258 e. The molecule has 5 nitrogen and oxygen atoms in total. The summed E-state index contributed by atoms with van der Waals surface area (Å²) in [5, 5.41) is 4.38. The van der Waals surface area contributed by atoms with E-state index in [0.717, 1.165) is 16.3 Å². The molecule has 2 heterocycles. The monoisotopic (exact) mass is 323 g/mol. The lowest BCUT2D eigenvalue weighted by molar-refractivity contribution is -0.0706. The predicted molar refractivity (Wildman–Crippen MR) is 88.6 cm³/mol. The first-order chi connectivity index (χ1) is 10.4. The van der Waals surface area contributed by atoms with E-state index in [-0.39, 0.29) is 17.4 Å². The van der Waals surface area contributed by atoms with Gasteiger partial charge in [-0.25, -0.2) is 0 Å². The topological polar surface area (TPSA) is 54.5 Å². The van der Waals surface area contributed by atoms with Gasteiger partial charge in [0.15, 0.2) is 0 Å². The van der Waals surface area contributed by atoms with E-state index in [0.29, 0.717) is 25.7 Å². The molecule has 0 unspecified atom stereocenters. The van der Waals surface area contributed by atoms with E-state index in [1.165, 1.54) is 24.4 Å². The van der Waals surface area contributed by atoms with Gasteiger partial charge in [0.05, 0.1) is 24.0 Å². The van der Waals surface area contributed by atoms with Crippen LogP contribution in [0.3, 0.4) is 0 Å². The fourth-order valence-electron chi connectivity index (χ4n) is 2.65. The van der Waals surface area contributed by atoms with Gasteiger partial charge in [-0.1, -0.05) is 20.8 Å². The van der Waals surface area contributed by atoms with Crippen LogP contribution >= 0.6 is 11.5 Å². The van der Waals surface area contributed by atoms with Crippen LogP contribution < -0.4 is 5.32 Å². The van der Waals surface area contributed by atoms with E-state index in [1.54, 1.807) is 0 Å². The second-order valence-corrected chi connectivity index (χ2v) is 8.14. The van der Waals surface area contributed by atoms with Crippen molar-refractivity contribution in [3.63, 3.8) is 0 Å². The molecule has 6 heteroatoms. The Labute approximate surface area is 136 Å². The Hall–Kier alpha value is -1.14. The van der Waals surface area contributed by atoms with Crippen molar-refractivity contribution in [2.24, 2.45) is 5.41 Å². The number of aromatic nitrogens is 1. The highest BCUT2D eigenvalue weighted by Crippen LogP contribution is 2.33. The zero-order valence-electron chi connectivity index (χ0n) is 13.8. The molecule has 1 N–H and O–H groups in total. The van der Waals surface area contributed by atoms with E-state index in [4.69, 9.17) is 4.74 Å². The molecule has 0 bridgehead atoms. The molecule has 2 fully saturated rings. The number of hydrogen-bond acceptors (Lipinski definition) is 5. The summed E-state index contributed by atoms with van der Waals surface area (Å²) in [5.41, 5.74) is 1.62. The molecule has 1 saturated heterocycles. The first-order valence-electron chi connectivity index (χ1n) is 8.00. The van der Waals surface area contributed by atoms with Crippen molar-refractivity contribution >= 4 is 22.4 Å². The van der Waals surface area contributed by atoms with Gasteiger partial charge in [-0.2, -0.15) is 4.37 Å². The van der Waals surface area contributed by atoms with Crippen LogP contribution in [0.25, 0.3) is 0 Å². The van der Waals surface area contributed by atoms with Crippen LogP contribution in [-0.4, -0.2) is 47.0 Å². The first kappa shape index (κ1) is 15.7. The van der Waals surface area contributed by atoms with Crippen molar-refractivity contribution < 1.29 is 9.53 Å². The highest BCUT2D eigenvalue weighted by atomic mass is 32.1. The van der Waals surface area contributed by atoms with Crippen LogP contribution in [0.5, 0.6) is 0 Å². The molecular weight excluding hydrogens is 298 g/mol. The van der Waals surface area contributed by atoms with Gasteiger partial charge >= 0.3 is 0 Å². The van der Waals surface area contributed by atoms with Gasteiger partial charge in [0.1, 0.15) is 5.00 Å². The summed E-state index contributed by atoms with van der Waals surface area (Å²) in [6.07, 6.45) is 2.46. The van der Waals surface area contributed by atoms with Crippen LogP contribution in [0.15, 0.2) is 0 Å². The molecule has 2 aliphatic rings. The number of anilines is 1. The zero-order valence-corrected chi connectivity index (χ0v) is 14.6. The summed E-state index contributed by atoms with van der Waals surface area (Å²) in [5.74, 6) is 0.0898. The number of aryl methyl sites for hydroxylation is 1. The fraction of sp³-hybridized carbons (Fsp3) is 0.750. The average molecular weight is 323 g/mol. The number of morpholine rings is 1. The standard InChI is InChI=1S/C16H25N3O2S/c1-10-13(14(22-18-10)17-11-5-6-11)15(20)19-7-8-21-12(9-19)16(2,3)4/h11-12,17H,5-9H2,1-4H3/t12-/m0/s1. The third kappa shape index (κ3) is 3.27. The lowest BCUT2D eigenvalue weighted by Gasteiger charge is -2.39. The molecule has 1 aromatic rings. The summed E-state index contributed by atoms with van der Waals surface area (Å²) in [6, 6.07) is 0.526. The number of carbonyl (C=O) groups is 1. The normalized spacial score (nSPS) is 22.7. The van der Waals surface area contributed by atoms with Crippen molar-refractivity contribution in [2.45, 2.75) is 52.7 Å². The van der Waals surface area contributed by atoms with Crippen LogP contribution in [0, 0.1) is 12.3 Å². The van der Waals surface area contributed by atoms with Gasteiger partial charge in [-0.15, -0.1) is 0 Å². The predicted octanol–water partition coefficient (Wildman–Crippen LogP) is 2.91. The molecule has 1 aliphatic carbocycles. The molecular formula is C16H25N3O2S. The van der Waals surface area contributed by atoms with E-state index < -0.39 is 0 Å².